The van der Waals surface area contributed by atoms with E-state index in [9.17, 15) is 4.79 Å². The van der Waals surface area contributed by atoms with Crippen LogP contribution in [0.25, 0.3) is 0 Å². The molecule has 0 aromatic heterocycles. The fourth-order valence-corrected chi connectivity index (χ4v) is 2.41. The van der Waals surface area contributed by atoms with E-state index >= 15 is 0 Å². The highest BCUT2D eigenvalue weighted by Crippen LogP contribution is 2.33. The van der Waals surface area contributed by atoms with Crippen molar-refractivity contribution in [3.63, 3.8) is 0 Å². The molecule has 0 saturated heterocycles. The number of nitrogens with two attached hydrogens (primary N) is 1. The minimum Gasteiger partial charge on any atom is -0.371 e. The van der Waals surface area contributed by atoms with Crippen LogP contribution in [0.5, 0.6) is 0 Å². The van der Waals surface area contributed by atoms with Crippen molar-refractivity contribution in [2.24, 2.45) is 5.73 Å². The van der Waals surface area contributed by atoms with Gasteiger partial charge in [0, 0.05) is 5.69 Å². The molecule has 0 heterocycles. The molecule has 1 aromatic rings. The van der Waals surface area contributed by atoms with Gasteiger partial charge in [0.05, 0.1) is 0 Å². The Balaban J connectivity index is 2.21. The van der Waals surface area contributed by atoms with Crippen LogP contribution in [0.4, 0.5) is 5.69 Å². The van der Waals surface area contributed by atoms with Crippen molar-refractivity contribution in [2.75, 3.05) is 5.32 Å². The van der Waals surface area contributed by atoms with E-state index < -0.39 is 5.54 Å². The lowest BCUT2D eigenvalue weighted by Gasteiger charge is -2.28. The zero-order valence-electron chi connectivity index (χ0n) is 9.62. The van der Waals surface area contributed by atoms with Crippen molar-refractivity contribution < 1.29 is 4.79 Å². The molecule has 2 rings (SSSR count). The van der Waals surface area contributed by atoms with Gasteiger partial charge in [0.15, 0.2) is 0 Å². The number of nitrogens with one attached hydrogen (secondary N) is 1. The molecule has 3 nitrogen and oxygen atoms in total. The molecular formula is C13H18N2O. The predicted molar refractivity (Wildman–Crippen MR) is 65.2 cm³/mol. The Labute approximate surface area is 96.0 Å². The molecule has 1 aromatic carbocycles. The van der Waals surface area contributed by atoms with Gasteiger partial charge < -0.3 is 11.1 Å². The summed E-state index contributed by atoms with van der Waals surface area (Å²) in [4.78, 5) is 11.6. The number of aryl methyl sites for hydroxylation is 1. The first kappa shape index (κ1) is 11.0. The smallest absolute Gasteiger partial charge is 0.243 e. The van der Waals surface area contributed by atoms with E-state index in [0.29, 0.717) is 0 Å². The van der Waals surface area contributed by atoms with Crippen molar-refractivity contribution in [3.05, 3.63) is 29.8 Å². The molecule has 0 unspecified atom stereocenters. The molecule has 0 spiro atoms. The van der Waals surface area contributed by atoms with E-state index in [1.165, 1.54) is 5.56 Å². The number of carbonyl (C=O) groups excluding carboxylic acids is 1. The molecule has 1 saturated carbocycles. The quantitative estimate of drug-likeness (QED) is 0.817. The topological polar surface area (TPSA) is 55.1 Å². The second-order valence-electron chi connectivity index (χ2n) is 4.65. The maximum atomic E-state index is 11.6. The summed E-state index contributed by atoms with van der Waals surface area (Å²) in [5.41, 5.74) is 7.17. The summed E-state index contributed by atoms with van der Waals surface area (Å²) < 4.78 is 0. The Hall–Kier alpha value is -1.51. The molecular weight excluding hydrogens is 200 g/mol. The summed E-state index contributed by atoms with van der Waals surface area (Å²) in [6, 6.07) is 8.05. The molecule has 0 radical (unpaired) electrons. The number of rotatable bonds is 3. The Morgan fingerprint density at radius 1 is 1.38 bits per heavy atom. The number of primary amides is 1. The fourth-order valence-electron chi connectivity index (χ4n) is 2.41. The van der Waals surface area contributed by atoms with Crippen molar-refractivity contribution in [3.8, 4) is 0 Å². The van der Waals surface area contributed by atoms with E-state index in [1.54, 1.807) is 0 Å². The zero-order valence-corrected chi connectivity index (χ0v) is 9.62. The monoisotopic (exact) mass is 218 g/mol. The second kappa shape index (κ2) is 4.16. The molecule has 16 heavy (non-hydrogen) atoms. The maximum Gasteiger partial charge on any atom is 0.243 e. The van der Waals surface area contributed by atoms with Crippen molar-refractivity contribution >= 4 is 11.6 Å². The van der Waals surface area contributed by atoms with Gasteiger partial charge in [-0.3, -0.25) is 4.79 Å². The van der Waals surface area contributed by atoms with Gasteiger partial charge in [0.1, 0.15) is 5.54 Å². The third kappa shape index (κ3) is 2.03. The molecule has 0 bridgehead atoms. The summed E-state index contributed by atoms with van der Waals surface area (Å²) in [5.74, 6) is -0.230. The van der Waals surface area contributed by atoms with Crippen LogP contribution in [-0.2, 0) is 4.79 Å². The first-order chi connectivity index (χ1) is 7.62. The molecule has 3 heteroatoms. The highest BCUT2D eigenvalue weighted by atomic mass is 16.1. The molecule has 1 amide bonds. The Morgan fingerprint density at radius 3 is 2.62 bits per heavy atom. The van der Waals surface area contributed by atoms with Crippen LogP contribution in [0, 0.1) is 6.92 Å². The Bertz CT molecular complexity index is 395. The third-order valence-corrected chi connectivity index (χ3v) is 3.33. The van der Waals surface area contributed by atoms with Crippen molar-refractivity contribution in [1.82, 2.24) is 0 Å². The van der Waals surface area contributed by atoms with Gasteiger partial charge in [-0.25, -0.2) is 0 Å². The van der Waals surface area contributed by atoms with Gasteiger partial charge in [0.2, 0.25) is 5.91 Å². The summed E-state index contributed by atoms with van der Waals surface area (Å²) in [6.07, 6.45) is 3.83. The third-order valence-electron chi connectivity index (χ3n) is 3.33. The standard InChI is InChI=1S/C13H18N2O/c1-10-5-4-6-11(9-10)15-13(12(14)16)7-2-3-8-13/h4-6,9,15H,2-3,7-8H2,1H3,(H2,14,16). The number of carbonyl (C=O) groups is 1. The molecule has 3 N–H and O–H groups in total. The lowest BCUT2D eigenvalue weighted by atomic mass is 9.96. The average molecular weight is 218 g/mol. The van der Waals surface area contributed by atoms with Crippen molar-refractivity contribution in [2.45, 2.75) is 38.1 Å². The van der Waals surface area contributed by atoms with Gasteiger partial charge in [-0.15, -0.1) is 0 Å². The first-order valence-electron chi connectivity index (χ1n) is 5.77. The van der Waals surface area contributed by atoms with Gasteiger partial charge >= 0.3 is 0 Å². The van der Waals surface area contributed by atoms with E-state index in [2.05, 4.69) is 5.32 Å². The lowest BCUT2D eigenvalue weighted by molar-refractivity contribution is -0.122. The average Bonchev–Trinajstić information content (AvgIpc) is 2.67. The summed E-state index contributed by atoms with van der Waals surface area (Å²) in [5, 5.41) is 3.32. The predicted octanol–water partition coefficient (Wildman–Crippen LogP) is 2.21. The number of benzene rings is 1. The minimum absolute atomic E-state index is 0.230. The molecule has 0 atom stereocenters. The maximum absolute atomic E-state index is 11.6. The molecule has 1 aliphatic carbocycles. The van der Waals surface area contributed by atoms with Crippen LogP contribution in [-0.4, -0.2) is 11.4 Å². The van der Waals surface area contributed by atoms with E-state index in [1.807, 2.05) is 31.2 Å². The largest absolute Gasteiger partial charge is 0.371 e. The van der Waals surface area contributed by atoms with E-state index in [4.69, 9.17) is 5.73 Å². The highest BCUT2D eigenvalue weighted by molar-refractivity contribution is 5.88. The van der Waals surface area contributed by atoms with E-state index in [0.717, 1.165) is 31.4 Å². The highest BCUT2D eigenvalue weighted by Gasteiger charge is 2.39. The van der Waals surface area contributed by atoms with E-state index in [-0.39, 0.29) is 5.91 Å². The summed E-state index contributed by atoms with van der Waals surface area (Å²) in [7, 11) is 0. The van der Waals surface area contributed by atoms with Crippen LogP contribution in [0.2, 0.25) is 0 Å². The number of amides is 1. The van der Waals surface area contributed by atoms with Crippen LogP contribution in [0.15, 0.2) is 24.3 Å². The Morgan fingerprint density at radius 2 is 2.06 bits per heavy atom. The summed E-state index contributed by atoms with van der Waals surface area (Å²) >= 11 is 0. The SMILES string of the molecule is Cc1cccc(NC2(C(N)=O)CCCC2)c1. The van der Waals surface area contributed by atoms with Crippen molar-refractivity contribution in [1.29, 1.82) is 0 Å². The summed E-state index contributed by atoms with van der Waals surface area (Å²) in [6.45, 7) is 2.04. The van der Waals surface area contributed by atoms with Gasteiger partial charge in [0.25, 0.3) is 0 Å². The molecule has 1 fully saturated rings. The normalized spacial score (nSPS) is 18.3. The van der Waals surface area contributed by atoms with Crippen LogP contribution in [0.1, 0.15) is 31.2 Å². The molecule has 0 aliphatic heterocycles. The second-order valence-corrected chi connectivity index (χ2v) is 4.65. The molecule has 86 valence electrons. The zero-order chi connectivity index (χ0) is 11.6. The van der Waals surface area contributed by atoms with Gasteiger partial charge in [-0.05, 0) is 37.5 Å². The lowest BCUT2D eigenvalue weighted by Crippen LogP contribution is -2.48. The number of anilines is 1. The molecule has 1 aliphatic rings. The van der Waals surface area contributed by atoms with Gasteiger partial charge in [-0.1, -0.05) is 25.0 Å². The van der Waals surface area contributed by atoms with Crippen LogP contribution < -0.4 is 11.1 Å². The fraction of sp³-hybridized carbons (Fsp3) is 0.462. The number of hydrogen-bond donors (Lipinski definition) is 2. The van der Waals surface area contributed by atoms with Crippen LogP contribution >= 0.6 is 0 Å². The van der Waals surface area contributed by atoms with Gasteiger partial charge in [-0.2, -0.15) is 0 Å². The minimum atomic E-state index is -0.520. The first-order valence-corrected chi connectivity index (χ1v) is 5.77. The number of hydrogen-bond acceptors (Lipinski definition) is 2. The van der Waals surface area contributed by atoms with Crippen LogP contribution in [0.3, 0.4) is 0 Å². The Kier molecular flexibility index (Phi) is 2.86.